The monoisotopic (exact) mass is 345 g/mol. The largest absolute Gasteiger partial charge is 0.390 e. The second-order valence-corrected chi connectivity index (χ2v) is 9.48. The van der Waals surface area contributed by atoms with Gasteiger partial charge >= 0.3 is 0 Å². The third-order valence-corrected chi connectivity index (χ3v) is 7.58. The van der Waals surface area contributed by atoms with Crippen molar-refractivity contribution in [1.29, 1.82) is 5.26 Å². The van der Waals surface area contributed by atoms with Gasteiger partial charge in [0, 0.05) is 19.5 Å². The highest BCUT2D eigenvalue weighted by Gasteiger charge is 2.61. The van der Waals surface area contributed by atoms with Crippen LogP contribution in [0, 0.1) is 34.5 Å². The molecule has 1 amide bonds. The van der Waals surface area contributed by atoms with Crippen LogP contribution in [-0.2, 0) is 4.79 Å². The molecule has 0 spiro atoms. The molecule has 0 radical (unpaired) electrons. The number of rotatable bonds is 6. The second-order valence-electron chi connectivity index (χ2n) is 9.48. The summed E-state index contributed by atoms with van der Waals surface area (Å²) >= 11 is 0. The van der Waals surface area contributed by atoms with E-state index in [4.69, 9.17) is 5.26 Å². The predicted molar refractivity (Wildman–Crippen MR) is 94.4 cm³/mol. The Morgan fingerprint density at radius 3 is 2.56 bits per heavy atom. The molecule has 2 N–H and O–H groups in total. The Bertz CT molecular complexity index is 584. The van der Waals surface area contributed by atoms with Gasteiger partial charge in [0.25, 0.3) is 0 Å². The summed E-state index contributed by atoms with van der Waals surface area (Å²) in [4.78, 5) is 15.2. The summed E-state index contributed by atoms with van der Waals surface area (Å²) in [6.45, 7) is 0. The van der Waals surface area contributed by atoms with Gasteiger partial charge in [0.05, 0.1) is 17.7 Å². The zero-order valence-corrected chi connectivity index (χ0v) is 15.5. The molecular formula is C20H31N3O2. The summed E-state index contributed by atoms with van der Waals surface area (Å²) in [5.41, 5.74) is -0.608. The summed E-state index contributed by atoms with van der Waals surface area (Å²) in [5, 5.41) is 23.1. The molecule has 0 aromatic carbocycles. The molecule has 5 unspecified atom stereocenters. The van der Waals surface area contributed by atoms with Crippen molar-refractivity contribution in [3.63, 3.8) is 0 Å². The number of nitrogens with zero attached hydrogens (tertiary/aromatic N) is 2. The number of carbonyl (C=O) groups excluding carboxylic acids is 1. The zero-order chi connectivity index (χ0) is 17.8. The van der Waals surface area contributed by atoms with Crippen LogP contribution in [0.3, 0.4) is 0 Å². The van der Waals surface area contributed by atoms with Gasteiger partial charge in [-0.25, -0.2) is 0 Å². The number of hydrogen-bond donors (Lipinski definition) is 2. The summed E-state index contributed by atoms with van der Waals surface area (Å²) in [7, 11) is 3.83. The van der Waals surface area contributed by atoms with Crippen molar-refractivity contribution in [1.82, 2.24) is 10.2 Å². The second kappa shape index (κ2) is 5.96. The van der Waals surface area contributed by atoms with Crippen molar-refractivity contribution in [3.8, 4) is 6.07 Å². The van der Waals surface area contributed by atoms with Gasteiger partial charge in [0.2, 0.25) is 5.91 Å². The highest BCUT2D eigenvalue weighted by Crippen LogP contribution is 2.63. The lowest BCUT2D eigenvalue weighted by Crippen LogP contribution is -2.64. The van der Waals surface area contributed by atoms with Crippen molar-refractivity contribution < 1.29 is 9.90 Å². The minimum Gasteiger partial charge on any atom is -0.390 e. The Labute approximate surface area is 150 Å². The number of nitrogens with one attached hydrogen (secondary N) is 1. The van der Waals surface area contributed by atoms with Gasteiger partial charge < -0.3 is 15.3 Å². The van der Waals surface area contributed by atoms with Gasteiger partial charge in [-0.2, -0.15) is 5.26 Å². The van der Waals surface area contributed by atoms with Gasteiger partial charge in [0.1, 0.15) is 0 Å². The van der Waals surface area contributed by atoms with Crippen molar-refractivity contribution in [2.75, 3.05) is 14.1 Å². The van der Waals surface area contributed by atoms with Crippen LogP contribution in [0.4, 0.5) is 0 Å². The predicted octanol–water partition coefficient (Wildman–Crippen LogP) is 2.06. The maximum atomic E-state index is 13.3. The molecule has 5 saturated carbocycles. The number of aliphatic hydroxyl groups is 1. The quantitative estimate of drug-likeness (QED) is 0.772. The lowest BCUT2D eigenvalue weighted by atomic mass is 9.46. The molecule has 138 valence electrons. The van der Waals surface area contributed by atoms with Crippen LogP contribution in [0.2, 0.25) is 0 Å². The van der Waals surface area contributed by atoms with Crippen LogP contribution >= 0.6 is 0 Å². The van der Waals surface area contributed by atoms with Crippen LogP contribution in [0.5, 0.6) is 0 Å². The molecule has 5 nitrogen and oxygen atoms in total. The summed E-state index contributed by atoms with van der Waals surface area (Å²) in [5.74, 6) is 1.86. The van der Waals surface area contributed by atoms with Crippen molar-refractivity contribution >= 4 is 5.91 Å². The van der Waals surface area contributed by atoms with Gasteiger partial charge in [-0.3, -0.25) is 4.79 Å². The molecule has 5 rings (SSSR count). The highest BCUT2D eigenvalue weighted by molar-refractivity contribution is 5.83. The van der Waals surface area contributed by atoms with Crippen LogP contribution in [0.25, 0.3) is 0 Å². The fraction of sp³-hybridized carbons (Fsp3) is 0.900. The first-order chi connectivity index (χ1) is 11.9. The average molecular weight is 345 g/mol. The number of hydrogen-bond acceptors (Lipinski definition) is 4. The molecule has 5 heteroatoms. The molecular weight excluding hydrogens is 314 g/mol. The van der Waals surface area contributed by atoms with E-state index in [2.05, 4.69) is 11.4 Å². The van der Waals surface area contributed by atoms with E-state index in [1.54, 1.807) is 0 Å². The fourth-order valence-corrected chi connectivity index (χ4v) is 6.95. The van der Waals surface area contributed by atoms with Crippen molar-refractivity contribution in [2.24, 2.45) is 23.2 Å². The van der Waals surface area contributed by atoms with Gasteiger partial charge in [-0.05, 0) is 81.6 Å². The zero-order valence-electron chi connectivity index (χ0n) is 15.5. The highest BCUT2D eigenvalue weighted by atomic mass is 16.3. The number of carbonyl (C=O) groups is 1. The van der Waals surface area contributed by atoms with E-state index in [-0.39, 0.29) is 17.4 Å². The maximum Gasteiger partial charge on any atom is 0.240 e. The SMILES string of the molecule is CNC(C(=O)N(C)C1CC1CCC#N)C12CC3CC(CC(O)(C3)C1)C2. The smallest absolute Gasteiger partial charge is 0.240 e. The Morgan fingerprint density at radius 2 is 2.00 bits per heavy atom. The molecule has 0 heterocycles. The molecule has 5 atom stereocenters. The average Bonchev–Trinajstić information content (AvgIpc) is 3.29. The Balaban J connectivity index is 1.49. The molecule has 0 saturated heterocycles. The van der Waals surface area contributed by atoms with E-state index in [1.807, 2.05) is 19.0 Å². The Morgan fingerprint density at radius 1 is 1.32 bits per heavy atom. The van der Waals surface area contributed by atoms with E-state index in [0.29, 0.717) is 30.2 Å². The van der Waals surface area contributed by atoms with E-state index >= 15 is 0 Å². The summed E-state index contributed by atoms with van der Waals surface area (Å²) in [6, 6.07) is 2.32. The molecule has 0 aromatic rings. The van der Waals surface area contributed by atoms with Crippen LogP contribution in [-0.4, -0.2) is 47.7 Å². The lowest BCUT2D eigenvalue weighted by molar-refractivity contribution is -0.179. The van der Waals surface area contributed by atoms with Crippen molar-refractivity contribution in [2.45, 2.75) is 75.5 Å². The molecule has 4 bridgehead atoms. The molecule has 5 fully saturated rings. The standard InChI is InChI=1S/C20H31N3O2/c1-22-17(18(24)23(2)16-7-15(16)4-3-5-21)19-8-13-6-14(9-19)11-20(25,10-13)12-19/h13-17,22,25H,3-4,6-12H2,1-2H3. The number of nitriles is 1. The van der Waals surface area contributed by atoms with Gasteiger partial charge in [0.15, 0.2) is 0 Å². The minimum atomic E-state index is -0.535. The molecule has 0 aliphatic heterocycles. The first kappa shape index (κ1) is 17.3. The van der Waals surface area contributed by atoms with Gasteiger partial charge in [-0.1, -0.05) is 0 Å². The maximum absolute atomic E-state index is 13.3. The number of amides is 1. The number of likely N-dealkylation sites (N-methyl/N-ethyl adjacent to an activating group) is 2. The van der Waals surface area contributed by atoms with Crippen LogP contribution < -0.4 is 5.32 Å². The van der Waals surface area contributed by atoms with E-state index in [1.165, 1.54) is 6.42 Å². The van der Waals surface area contributed by atoms with E-state index in [9.17, 15) is 9.90 Å². The normalized spacial score (nSPS) is 45.0. The molecule has 25 heavy (non-hydrogen) atoms. The third kappa shape index (κ3) is 2.88. The fourth-order valence-electron chi connectivity index (χ4n) is 6.95. The van der Waals surface area contributed by atoms with Gasteiger partial charge in [-0.15, -0.1) is 0 Å². The van der Waals surface area contributed by atoms with Crippen LogP contribution in [0.1, 0.15) is 57.8 Å². The lowest BCUT2D eigenvalue weighted by Gasteiger charge is -2.62. The summed E-state index contributed by atoms with van der Waals surface area (Å²) < 4.78 is 0. The molecule has 5 aliphatic carbocycles. The van der Waals surface area contributed by atoms with E-state index in [0.717, 1.165) is 44.9 Å². The Hall–Kier alpha value is -1.12. The molecule has 0 aromatic heterocycles. The topological polar surface area (TPSA) is 76.4 Å². The first-order valence-electron chi connectivity index (χ1n) is 9.93. The first-order valence-corrected chi connectivity index (χ1v) is 9.93. The van der Waals surface area contributed by atoms with Crippen molar-refractivity contribution in [3.05, 3.63) is 0 Å². The molecule has 5 aliphatic rings. The third-order valence-electron chi connectivity index (χ3n) is 7.58. The minimum absolute atomic E-state index is 0.0734. The van der Waals surface area contributed by atoms with E-state index < -0.39 is 5.60 Å². The summed E-state index contributed by atoms with van der Waals surface area (Å²) in [6.07, 6.45) is 8.57. The Kier molecular flexibility index (Phi) is 4.12. The van der Waals surface area contributed by atoms with Crippen LogP contribution in [0.15, 0.2) is 0 Å².